The van der Waals surface area contributed by atoms with Gasteiger partial charge in [-0.2, -0.15) is 0 Å². The highest BCUT2D eigenvalue weighted by molar-refractivity contribution is 4.72. The molecule has 0 saturated carbocycles. The molecular formula is C14H30N2O. The lowest BCUT2D eigenvalue weighted by Crippen LogP contribution is -2.44. The maximum atomic E-state index is 5.83. The summed E-state index contributed by atoms with van der Waals surface area (Å²) < 4.78 is 5.83. The minimum atomic E-state index is 0.455. The molecule has 1 aliphatic rings. The van der Waals surface area contributed by atoms with Gasteiger partial charge >= 0.3 is 0 Å². The van der Waals surface area contributed by atoms with Crippen molar-refractivity contribution >= 4 is 0 Å². The molecule has 0 unspecified atom stereocenters. The molecule has 0 spiro atoms. The molecular weight excluding hydrogens is 212 g/mol. The largest absolute Gasteiger partial charge is 0.376 e. The van der Waals surface area contributed by atoms with Gasteiger partial charge in [-0.25, -0.2) is 0 Å². The average Bonchev–Trinajstić information content (AvgIpc) is 2.24. The Hall–Kier alpha value is -0.120. The van der Waals surface area contributed by atoms with Crippen molar-refractivity contribution in [2.45, 2.75) is 52.7 Å². The van der Waals surface area contributed by atoms with Crippen molar-refractivity contribution in [2.75, 3.05) is 32.8 Å². The van der Waals surface area contributed by atoms with Gasteiger partial charge in [-0.3, -0.25) is 4.90 Å². The summed E-state index contributed by atoms with van der Waals surface area (Å²) in [6.07, 6.45) is 2.86. The number of nitrogens with zero attached hydrogens (tertiary/aromatic N) is 1. The molecule has 0 aromatic carbocycles. The molecule has 0 amide bonds. The van der Waals surface area contributed by atoms with Crippen LogP contribution in [-0.2, 0) is 4.74 Å². The molecule has 0 radical (unpaired) electrons. The predicted molar refractivity (Wildman–Crippen MR) is 73.4 cm³/mol. The zero-order valence-electron chi connectivity index (χ0n) is 12.0. The molecule has 0 aromatic heterocycles. The van der Waals surface area contributed by atoms with Gasteiger partial charge in [0.05, 0.1) is 12.7 Å². The Morgan fingerprint density at radius 3 is 2.71 bits per heavy atom. The first kappa shape index (κ1) is 14.9. The summed E-state index contributed by atoms with van der Waals surface area (Å²) in [5.74, 6) is 0.761. The van der Waals surface area contributed by atoms with Gasteiger partial charge in [-0.05, 0) is 25.3 Å². The molecule has 1 heterocycles. The maximum absolute atomic E-state index is 5.83. The lowest BCUT2D eigenvalue weighted by atomic mass is 10.1. The van der Waals surface area contributed by atoms with Crippen molar-refractivity contribution in [1.82, 2.24) is 10.2 Å². The van der Waals surface area contributed by atoms with E-state index < -0.39 is 0 Å². The van der Waals surface area contributed by atoms with Crippen molar-refractivity contribution in [1.29, 1.82) is 0 Å². The zero-order chi connectivity index (χ0) is 12.7. The molecule has 1 atom stereocenters. The van der Waals surface area contributed by atoms with Crippen LogP contribution in [0.1, 0.15) is 40.5 Å². The highest BCUT2D eigenvalue weighted by Crippen LogP contribution is 2.11. The van der Waals surface area contributed by atoms with E-state index in [0.29, 0.717) is 12.1 Å². The third-order valence-corrected chi connectivity index (χ3v) is 3.10. The van der Waals surface area contributed by atoms with Gasteiger partial charge in [0.25, 0.3) is 0 Å². The first-order valence-electron chi connectivity index (χ1n) is 7.15. The summed E-state index contributed by atoms with van der Waals surface area (Å²) in [7, 11) is 0. The van der Waals surface area contributed by atoms with E-state index in [0.717, 1.165) is 32.2 Å². The van der Waals surface area contributed by atoms with Gasteiger partial charge in [0.15, 0.2) is 0 Å². The average molecular weight is 242 g/mol. The van der Waals surface area contributed by atoms with Gasteiger partial charge in [-0.15, -0.1) is 0 Å². The number of rotatable bonds is 7. The van der Waals surface area contributed by atoms with E-state index in [1.54, 1.807) is 0 Å². The Bertz CT molecular complexity index is 195. The molecule has 1 rings (SSSR count). The van der Waals surface area contributed by atoms with Gasteiger partial charge in [0, 0.05) is 25.7 Å². The lowest BCUT2D eigenvalue weighted by molar-refractivity contribution is -0.0357. The first-order chi connectivity index (χ1) is 8.08. The molecule has 3 nitrogen and oxygen atoms in total. The number of hydrogen-bond acceptors (Lipinski definition) is 3. The fourth-order valence-corrected chi connectivity index (χ4v) is 2.36. The van der Waals surface area contributed by atoms with Crippen LogP contribution in [0.4, 0.5) is 0 Å². The monoisotopic (exact) mass is 242 g/mol. The summed E-state index contributed by atoms with van der Waals surface area (Å²) in [5.41, 5.74) is 0. The second-order valence-corrected chi connectivity index (χ2v) is 5.90. The Labute approximate surface area is 107 Å². The molecule has 17 heavy (non-hydrogen) atoms. The van der Waals surface area contributed by atoms with Crippen molar-refractivity contribution in [2.24, 2.45) is 5.92 Å². The van der Waals surface area contributed by atoms with Crippen LogP contribution in [-0.4, -0.2) is 49.8 Å². The second-order valence-electron chi connectivity index (χ2n) is 5.90. The molecule has 1 N–H and O–H groups in total. The molecule has 102 valence electrons. The van der Waals surface area contributed by atoms with Crippen molar-refractivity contribution in [3.8, 4) is 0 Å². The smallest absolute Gasteiger partial charge is 0.0703 e. The van der Waals surface area contributed by atoms with Crippen molar-refractivity contribution in [3.05, 3.63) is 0 Å². The quantitative estimate of drug-likeness (QED) is 0.692. The normalized spacial score (nSPS) is 22.6. The Morgan fingerprint density at radius 1 is 1.29 bits per heavy atom. The van der Waals surface area contributed by atoms with Crippen LogP contribution in [0.2, 0.25) is 0 Å². The minimum Gasteiger partial charge on any atom is -0.376 e. The Balaban J connectivity index is 2.12. The van der Waals surface area contributed by atoms with Gasteiger partial charge in [-0.1, -0.05) is 27.7 Å². The Morgan fingerprint density at radius 2 is 2.06 bits per heavy atom. The molecule has 0 aliphatic carbocycles. The van der Waals surface area contributed by atoms with Crippen molar-refractivity contribution < 1.29 is 4.74 Å². The minimum absolute atomic E-state index is 0.455. The zero-order valence-corrected chi connectivity index (χ0v) is 12.0. The standard InChI is InChI=1S/C14H30N2O/c1-12(2)10-16-8-9-17-14(11-16)6-5-7-15-13(3)4/h12-15H,5-11H2,1-4H3/t14-/m0/s1. The van der Waals surface area contributed by atoms with Crippen LogP contribution in [0.5, 0.6) is 0 Å². The number of nitrogens with one attached hydrogen (secondary N) is 1. The number of morpholine rings is 1. The number of hydrogen-bond donors (Lipinski definition) is 1. The van der Waals surface area contributed by atoms with Crippen LogP contribution in [0, 0.1) is 5.92 Å². The number of ether oxygens (including phenoxy) is 1. The third kappa shape index (κ3) is 7.02. The van der Waals surface area contributed by atoms with E-state index in [1.165, 1.54) is 19.4 Å². The van der Waals surface area contributed by atoms with Crippen LogP contribution < -0.4 is 5.32 Å². The van der Waals surface area contributed by atoms with E-state index in [-0.39, 0.29) is 0 Å². The summed E-state index contributed by atoms with van der Waals surface area (Å²) in [6, 6.07) is 0.597. The Kier molecular flexibility index (Phi) is 7.09. The van der Waals surface area contributed by atoms with E-state index in [9.17, 15) is 0 Å². The highest BCUT2D eigenvalue weighted by Gasteiger charge is 2.20. The summed E-state index contributed by atoms with van der Waals surface area (Å²) in [5, 5.41) is 3.46. The molecule has 1 fully saturated rings. The topological polar surface area (TPSA) is 24.5 Å². The molecule has 1 aliphatic heterocycles. The van der Waals surface area contributed by atoms with Crippen LogP contribution in [0.25, 0.3) is 0 Å². The van der Waals surface area contributed by atoms with Gasteiger partial charge < -0.3 is 10.1 Å². The fourth-order valence-electron chi connectivity index (χ4n) is 2.36. The first-order valence-corrected chi connectivity index (χ1v) is 7.15. The predicted octanol–water partition coefficient (Wildman–Crippen LogP) is 2.12. The van der Waals surface area contributed by atoms with E-state index in [4.69, 9.17) is 4.74 Å². The van der Waals surface area contributed by atoms with E-state index in [2.05, 4.69) is 37.9 Å². The van der Waals surface area contributed by atoms with E-state index in [1.807, 2.05) is 0 Å². The lowest BCUT2D eigenvalue weighted by Gasteiger charge is -2.34. The van der Waals surface area contributed by atoms with Crippen LogP contribution >= 0.6 is 0 Å². The van der Waals surface area contributed by atoms with Gasteiger partial charge in [0.1, 0.15) is 0 Å². The molecule has 0 bridgehead atoms. The SMILES string of the molecule is CC(C)CN1CCO[C@@H](CCCNC(C)C)C1. The fraction of sp³-hybridized carbons (Fsp3) is 1.00. The highest BCUT2D eigenvalue weighted by atomic mass is 16.5. The van der Waals surface area contributed by atoms with Crippen LogP contribution in [0.15, 0.2) is 0 Å². The third-order valence-electron chi connectivity index (χ3n) is 3.10. The summed E-state index contributed by atoms with van der Waals surface area (Å²) in [6.45, 7) is 14.4. The summed E-state index contributed by atoms with van der Waals surface area (Å²) in [4.78, 5) is 2.55. The molecule has 3 heteroatoms. The molecule has 0 aromatic rings. The van der Waals surface area contributed by atoms with Gasteiger partial charge in [0.2, 0.25) is 0 Å². The van der Waals surface area contributed by atoms with Crippen LogP contribution in [0.3, 0.4) is 0 Å². The second kappa shape index (κ2) is 8.06. The van der Waals surface area contributed by atoms with E-state index >= 15 is 0 Å². The maximum Gasteiger partial charge on any atom is 0.0703 e. The molecule has 1 saturated heterocycles. The van der Waals surface area contributed by atoms with Crippen molar-refractivity contribution in [3.63, 3.8) is 0 Å². The summed E-state index contributed by atoms with van der Waals surface area (Å²) >= 11 is 0.